The van der Waals surface area contributed by atoms with Crippen LogP contribution in [0, 0.1) is 0 Å². The van der Waals surface area contributed by atoms with Crippen LogP contribution < -0.4 is 10.6 Å². The SMILES string of the molecule is CC(c1ccccc1)N(CCCN)c1ccccc1. The second kappa shape index (κ2) is 6.95. The molecule has 0 bridgehead atoms. The highest BCUT2D eigenvalue weighted by atomic mass is 15.2. The number of para-hydroxylation sites is 1. The third-order valence-electron chi connectivity index (χ3n) is 3.44. The van der Waals surface area contributed by atoms with E-state index in [1.165, 1.54) is 11.3 Å². The molecule has 0 aliphatic heterocycles. The molecule has 19 heavy (non-hydrogen) atoms. The van der Waals surface area contributed by atoms with Gasteiger partial charge in [-0.3, -0.25) is 0 Å². The van der Waals surface area contributed by atoms with Crippen molar-refractivity contribution in [3.63, 3.8) is 0 Å². The maximum Gasteiger partial charge on any atom is 0.0514 e. The second-order valence-electron chi connectivity index (χ2n) is 4.76. The quantitative estimate of drug-likeness (QED) is 0.853. The first-order chi connectivity index (χ1) is 9.33. The van der Waals surface area contributed by atoms with Gasteiger partial charge in [0.1, 0.15) is 0 Å². The van der Waals surface area contributed by atoms with Crippen molar-refractivity contribution in [3.8, 4) is 0 Å². The number of nitrogens with two attached hydrogens (primary N) is 1. The van der Waals surface area contributed by atoms with E-state index in [9.17, 15) is 0 Å². The first-order valence-electron chi connectivity index (χ1n) is 6.89. The summed E-state index contributed by atoms with van der Waals surface area (Å²) in [6.45, 7) is 3.96. The zero-order valence-electron chi connectivity index (χ0n) is 11.5. The van der Waals surface area contributed by atoms with Crippen LogP contribution in [-0.4, -0.2) is 13.1 Å². The molecule has 2 rings (SSSR count). The van der Waals surface area contributed by atoms with Crippen LogP contribution >= 0.6 is 0 Å². The van der Waals surface area contributed by atoms with E-state index in [4.69, 9.17) is 5.73 Å². The third-order valence-corrected chi connectivity index (χ3v) is 3.44. The Morgan fingerprint density at radius 2 is 1.53 bits per heavy atom. The van der Waals surface area contributed by atoms with Gasteiger partial charge in [-0.15, -0.1) is 0 Å². The Morgan fingerprint density at radius 1 is 0.947 bits per heavy atom. The maximum atomic E-state index is 5.67. The Labute approximate surface area is 115 Å². The molecule has 0 spiro atoms. The van der Waals surface area contributed by atoms with Crippen molar-refractivity contribution in [1.29, 1.82) is 0 Å². The molecule has 2 heteroatoms. The minimum Gasteiger partial charge on any atom is -0.365 e. The molecule has 0 amide bonds. The van der Waals surface area contributed by atoms with E-state index >= 15 is 0 Å². The van der Waals surface area contributed by atoms with E-state index in [0.29, 0.717) is 6.04 Å². The van der Waals surface area contributed by atoms with Gasteiger partial charge < -0.3 is 10.6 Å². The normalized spacial score (nSPS) is 12.1. The maximum absolute atomic E-state index is 5.67. The zero-order chi connectivity index (χ0) is 13.5. The minimum atomic E-state index is 0.357. The number of hydrogen-bond donors (Lipinski definition) is 1. The van der Waals surface area contributed by atoms with Crippen LogP contribution in [0.15, 0.2) is 60.7 Å². The molecule has 0 aliphatic rings. The molecule has 0 aromatic heterocycles. The van der Waals surface area contributed by atoms with E-state index in [2.05, 4.69) is 72.5 Å². The van der Waals surface area contributed by atoms with E-state index in [-0.39, 0.29) is 0 Å². The van der Waals surface area contributed by atoms with Gasteiger partial charge in [0, 0.05) is 12.2 Å². The van der Waals surface area contributed by atoms with Gasteiger partial charge in [-0.2, -0.15) is 0 Å². The molecule has 0 aliphatic carbocycles. The fourth-order valence-electron chi connectivity index (χ4n) is 2.34. The van der Waals surface area contributed by atoms with E-state index < -0.39 is 0 Å². The molecular weight excluding hydrogens is 232 g/mol. The molecule has 2 N–H and O–H groups in total. The van der Waals surface area contributed by atoms with E-state index in [1.54, 1.807) is 0 Å². The molecule has 100 valence electrons. The Balaban J connectivity index is 2.22. The van der Waals surface area contributed by atoms with Gasteiger partial charge in [-0.1, -0.05) is 48.5 Å². The van der Waals surface area contributed by atoms with Gasteiger partial charge in [-0.25, -0.2) is 0 Å². The fourth-order valence-corrected chi connectivity index (χ4v) is 2.34. The Morgan fingerprint density at radius 3 is 2.11 bits per heavy atom. The summed E-state index contributed by atoms with van der Waals surface area (Å²) >= 11 is 0. The standard InChI is InChI=1S/C17H22N2/c1-15(16-9-4-2-5-10-16)19(14-8-13-18)17-11-6-3-7-12-17/h2-7,9-12,15H,8,13-14,18H2,1H3. The summed E-state index contributed by atoms with van der Waals surface area (Å²) < 4.78 is 0. The molecule has 0 fully saturated rings. The van der Waals surface area contributed by atoms with Crippen LogP contribution in [0.25, 0.3) is 0 Å². The van der Waals surface area contributed by atoms with Crippen LogP contribution in [0.1, 0.15) is 24.9 Å². The number of benzene rings is 2. The number of rotatable bonds is 6. The van der Waals surface area contributed by atoms with Crippen molar-refractivity contribution in [2.45, 2.75) is 19.4 Å². The molecule has 2 nitrogen and oxygen atoms in total. The zero-order valence-corrected chi connectivity index (χ0v) is 11.5. The average molecular weight is 254 g/mol. The van der Waals surface area contributed by atoms with Crippen LogP contribution in [0.4, 0.5) is 5.69 Å². The molecule has 0 saturated heterocycles. The third kappa shape index (κ3) is 3.58. The van der Waals surface area contributed by atoms with Crippen molar-refractivity contribution in [2.75, 3.05) is 18.0 Å². The predicted molar refractivity (Wildman–Crippen MR) is 82.3 cm³/mol. The van der Waals surface area contributed by atoms with Gasteiger partial charge >= 0.3 is 0 Å². The van der Waals surface area contributed by atoms with Crippen molar-refractivity contribution in [3.05, 3.63) is 66.2 Å². The first kappa shape index (κ1) is 13.6. The second-order valence-corrected chi connectivity index (χ2v) is 4.76. The Hall–Kier alpha value is -1.80. The topological polar surface area (TPSA) is 29.3 Å². The lowest BCUT2D eigenvalue weighted by Gasteiger charge is -2.31. The lowest BCUT2D eigenvalue weighted by atomic mass is 10.1. The van der Waals surface area contributed by atoms with Gasteiger partial charge in [-0.05, 0) is 37.6 Å². The number of anilines is 1. The minimum absolute atomic E-state index is 0.357. The molecule has 2 aromatic carbocycles. The summed E-state index contributed by atoms with van der Waals surface area (Å²) in [5.41, 5.74) is 8.26. The van der Waals surface area contributed by atoms with Crippen molar-refractivity contribution in [1.82, 2.24) is 0 Å². The number of hydrogen-bond acceptors (Lipinski definition) is 2. The van der Waals surface area contributed by atoms with Crippen LogP contribution in [-0.2, 0) is 0 Å². The number of nitrogens with zero attached hydrogens (tertiary/aromatic N) is 1. The van der Waals surface area contributed by atoms with Crippen molar-refractivity contribution >= 4 is 5.69 Å². The highest BCUT2D eigenvalue weighted by Crippen LogP contribution is 2.26. The molecular formula is C17H22N2. The molecule has 2 aromatic rings. The van der Waals surface area contributed by atoms with E-state index in [1.807, 2.05) is 0 Å². The molecule has 0 saturated carbocycles. The summed E-state index contributed by atoms with van der Waals surface area (Å²) in [6, 6.07) is 21.5. The van der Waals surface area contributed by atoms with Crippen LogP contribution in [0.5, 0.6) is 0 Å². The molecule has 1 unspecified atom stereocenters. The average Bonchev–Trinajstić information content (AvgIpc) is 2.49. The summed E-state index contributed by atoms with van der Waals surface area (Å²) in [4.78, 5) is 2.42. The highest BCUT2D eigenvalue weighted by molar-refractivity contribution is 5.48. The summed E-state index contributed by atoms with van der Waals surface area (Å²) in [5, 5.41) is 0. The lowest BCUT2D eigenvalue weighted by Crippen LogP contribution is -2.29. The molecule has 0 radical (unpaired) electrons. The summed E-state index contributed by atoms with van der Waals surface area (Å²) in [5.74, 6) is 0. The summed E-state index contributed by atoms with van der Waals surface area (Å²) in [6.07, 6.45) is 1.01. The van der Waals surface area contributed by atoms with Crippen molar-refractivity contribution < 1.29 is 0 Å². The lowest BCUT2D eigenvalue weighted by molar-refractivity contribution is 0.646. The van der Waals surface area contributed by atoms with Crippen molar-refractivity contribution in [2.24, 2.45) is 5.73 Å². The molecule has 1 atom stereocenters. The fraction of sp³-hybridized carbons (Fsp3) is 0.294. The van der Waals surface area contributed by atoms with E-state index in [0.717, 1.165) is 19.5 Å². The van der Waals surface area contributed by atoms with Gasteiger partial charge in [0.25, 0.3) is 0 Å². The summed E-state index contributed by atoms with van der Waals surface area (Å²) in [7, 11) is 0. The van der Waals surface area contributed by atoms with Crippen LogP contribution in [0.2, 0.25) is 0 Å². The monoisotopic (exact) mass is 254 g/mol. The Bertz CT molecular complexity index is 467. The smallest absolute Gasteiger partial charge is 0.0514 e. The van der Waals surface area contributed by atoms with Gasteiger partial charge in [0.2, 0.25) is 0 Å². The van der Waals surface area contributed by atoms with Crippen LogP contribution in [0.3, 0.4) is 0 Å². The first-order valence-corrected chi connectivity index (χ1v) is 6.89. The van der Waals surface area contributed by atoms with Gasteiger partial charge in [0.05, 0.1) is 6.04 Å². The predicted octanol–water partition coefficient (Wildman–Crippen LogP) is 3.60. The highest BCUT2D eigenvalue weighted by Gasteiger charge is 2.15. The largest absolute Gasteiger partial charge is 0.365 e. The van der Waals surface area contributed by atoms with Gasteiger partial charge in [0.15, 0.2) is 0 Å². The molecule has 0 heterocycles. The Kier molecular flexibility index (Phi) is 4.99.